The summed E-state index contributed by atoms with van der Waals surface area (Å²) in [4.78, 5) is 48.8. The molecule has 0 aliphatic heterocycles. The number of nitrogens with zero attached hydrogens (tertiary/aromatic N) is 13. The van der Waals surface area contributed by atoms with Gasteiger partial charge in [-0.15, -0.1) is 192 Å². The Kier molecular flexibility index (Phi) is 44.0. The van der Waals surface area contributed by atoms with Crippen LogP contribution in [-0.2, 0) is 138 Å². The molecule has 20 heteroatoms. The zero-order chi connectivity index (χ0) is 85.3. The molecule has 127 heavy (non-hydrogen) atoms. The molecule has 0 amide bonds. The number of carboxylic acid groups (broad SMARTS) is 1. The second kappa shape index (κ2) is 53.5. The van der Waals surface area contributed by atoms with Crippen LogP contribution >= 0.6 is 0 Å². The predicted molar refractivity (Wildman–Crippen MR) is 489 cm³/mol. The zero-order valence-electron chi connectivity index (χ0n) is 73.6. The third-order valence-corrected chi connectivity index (χ3v) is 23.8. The first kappa shape index (κ1) is 105. The van der Waals surface area contributed by atoms with Crippen molar-refractivity contribution in [2.75, 3.05) is 0 Å². The standard InChI is InChI=1S/C18H23N2.C18H20N.C17H22N3.C15H18N3.3C11H8N.C6H5NO2.5Ir/c1-3-18(11-7-8-12-18)13-16-14-19-17(20(16)2)15-9-5-4-6-10-15;1-18(10-5-6-11-18)14-15-9-12-19-17(13-15)16-7-3-2-4-8-16;1-12-7-8-14(13(2)19-12)16-18-11-15(20(16)4)17(3)9-5-6-10-17;1-15(7-3-2-4-8-15)13-10-17-18(12-13)14-6-5-9-16-11-14;3*1-2-6-10(7-3-1)11-8-4-5-9-12-11;8-6(9)5-3-1-2-4-7-5;;;;;/h4-6,9,14H,3,7-8,11-13H2,1-2H3;2-4,7,9,12-13H,5-6,10-11,14H2,1H3;7,11H,5-6,9-10H2,1-4H3;5,9-12H,2-4,7-8H2,1H3;3*1-6,8-9H;1-4H,(H,8,9);;;;;/q7*-1;;;;;;. The fourth-order valence-corrected chi connectivity index (χ4v) is 16.8. The van der Waals surface area contributed by atoms with E-state index in [0.717, 1.165) is 84.9 Å². The van der Waals surface area contributed by atoms with Crippen LogP contribution in [0.15, 0.2) is 287 Å². The minimum absolute atomic E-state index is 0. The molecule has 0 atom stereocenters. The van der Waals surface area contributed by atoms with Gasteiger partial charge in [0.2, 0.25) is 0 Å². The molecule has 0 spiro atoms. The molecule has 4 aliphatic carbocycles. The van der Waals surface area contributed by atoms with E-state index in [2.05, 4.69) is 180 Å². The van der Waals surface area contributed by atoms with Crippen LogP contribution in [0.5, 0.6) is 0 Å². The van der Waals surface area contributed by atoms with Crippen LogP contribution in [0.25, 0.3) is 73.5 Å². The van der Waals surface area contributed by atoms with Gasteiger partial charge in [0.15, 0.2) is 0 Å². The molecule has 15 nitrogen and oxygen atoms in total. The maximum atomic E-state index is 10.1. The Labute approximate surface area is 820 Å². The SMILES string of the molecule is CC1(Cc2ccnc(-c3[c-]cccc3)c2)CCCC1.CC1(c2cnn(-c3[c-]ccnc3)c2)CCCCC1.CCC1(Cc2cnc(-c3[c-]cccc3)n2C)CCCC1.Cc1c[c-]c(-c2ncc(C3(C)CCCC3)n2C)c(C)n1.O=C(O)c1ccccn1.[Ir].[Ir].[Ir].[Ir].[Ir].[c-]1ccccc1-c1ccccn1.[c-]1ccccc1-c1ccccn1.[c-]1ccccc1-c1ccccn1. The molecular weight excluding hydrogens is 2460 g/mol. The van der Waals surface area contributed by atoms with Gasteiger partial charge >= 0.3 is 5.97 Å². The number of benzene rings is 5. The van der Waals surface area contributed by atoms with E-state index in [1.165, 1.54) is 163 Å². The van der Waals surface area contributed by atoms with Crippen molar-refractivity contribution in [2.45, 2.75) is 181 Å². The van der Waals surface area contributed by atoms with E-state index in [1.54, 1.807) is 43.1 Å². The maximum Gasteiger partial charge on any atom is 0.354 e. The van der Waals surface area contributed by atoms with Crippen molar-refractivity contribution in [3.63, 3.8) is 0 Å². The van der Waals surface area contributed by atoms with E-state index in [0.29, 0.717) is 16.2 Å². The van der Waals surface area contributed by atoms with E-state index in [-0.39, 0.29) is 112 Å². The molecular formula is C107H112Ir5N13O2-7. The number of pyridine rings is 7. The van der Waals surface area contributed by atoms with Crippen LogP contribution in [0.2, 0.25) is 0 Å². The van der Waals surface area contributed by atoms with Crippen LogP contribution in [0.3, 0.4) is 0 Å². The van der Waals surface area contributed by atoms with Gasteiger partial charge in [0.25, 0.3) is 0 Å². The maximum absolute atomic E-state index is 10.1. The largest absolute Gasteiger partial charge is 0.477 e. The first-order chi connectivity index (χ1) is 59.5. The van der Waals surface area contributed by atoms with Crippen molar-refractivity contribution < 1.29 is 110 Å². The van der Waals surface area contributed by atoms with Gasteiger partial charge in [-0.2, -0.15) is 17.2 Å². The van der Waals surface area contributed by atoms with E-state index in [4.69, 9.17) is 5.11 Å². The molecule has 0 saturated heterocycles. The molecule has 5 radical (unpaired) electrons. The van der Waals surface area contributed by atoms with Crippen LogP contribution in [0, 0.1) is 67.1 Å². The van der Waals surface area contributed by atoms with E-state index < -0.39 is 5.97 Å². The Bertz CT molecular complexity index is 5280. The fraction of sp³-hybridized carbons (Fsp3) is 0.299. The van der Waals surface area contributed by atoms with Crippen molar-refractivity contribution >= 4 is 5.97 Å². The summed E-state index contributed by atoms with van der Waals surface area (Å²) in [5.74, 6) is 1.03. The predicted octanol–water partition coefficient (Wildman–Crippen LogP) is 24.5. The number of hydrogen-bond donors (Lipinski definition) is 1. The van der Waals surface area contributed by atoms with Gasteiger partial charge in [-0.1, -0.05) is 178 Å². The number of rotatable bonds is 15. The van der Waals surface area contributed by atoms with Crippen molar-refractivity contribution in [1.29, 1.82) is 0 Å². The number of carboxylic acids is 1. The van der Waals surface area contributed by atoms with Crippen LogP contribution in [0.1, 0.15) is 188 Å². The number of carbonyl (C=O) groups is 1. The van der Waals surface area contributed by atoms with Crippen LogP contribution < -0.4 is 0 Å². The smallest absolute Gasteiger partial charge is 0.354 e. The molecule has 10 aromatic heterocycles. The quantitative estimate of drug-likeness (QED) is 0.0961. The number of imidazole rings is 2. The third-order valence-electron chi connectivity index (χ3n) is 23.8. The average Bonchev–Trinajstić information content (AvgIpc) is 1.63. The summed E-state index contributed by atoms with van der Waals surface area (Å²) in [5.41, 5.74) is 20.3. The van der Waals surface area contributed by atoms with Crippen molar-refractivity contribution in [2.24, 2.45) is 24.9 Å². The normalized spacial score (nSPS) is 14.2. The van der Waals surface area contributed by atoms with Gasteiger partial charge in [-0.25, -0.2) is 9.78 Å². The van der Waals surface area contributed by atoms with Gasteiger partial charge in [0.05, 0.1) is 17.8 Å². The number of aromatic nitrogens is 13. The summed E-state index contributed by atoms with van der Waals surface area (Å²) >= 11 is 0. The molecule has 4 aliphatic rings. The van der Waals surface area contributed by atoms with Gasteiger partial charge in [-0.05, 0) is 162 Å². The molecule has 15 aromatic rings. The van der Waals surface area contributed by atoms with Crippen molar-refractivity contribution in [1.82, 2.24) is 63.8 Å². The average molecular weight is 2570 g/mol. The van der Waals surface area contributed by atoms with Crippen LogP contribution in [-0.4, -0.2) is 74.8 Å². The van der Waals surface area contributed by atoms with Gasteiger partial charge < -0.3 is 44.1 Å². The van der Waals surface area contributed by atoms with Crippen LogP contribution in [0.4, 0.5) is 0 Å². The number of aromatic carboxylic acids is 1. The minimum atomic E-state index is -0.990. The Morgan fingerprint density at radius 2 is 0.890 bits per heavy atom. The zero-order valence-corrected chi connectivity index (χ0v) is 85.6. The van der Waals surface area contributed by atoms with E-state index in [9.17, 15) is 4.79 Å². The number of hydrogen-bond acceptors (Lipinski definition) is 11. The first-order valence-electron chi connectivity index (χ1n) is 42.9. The second-order valence-corrected chi connectivity index (χ2v) is 32.9. The summed E-state index contributed by atoms with van der Waals surface area (Å²) in [5, 5.41) is 12.8. The summed E-state index contributed by atoms with van der Waals surface area (Å²) in [6.45, 7) is 13.5. The minimum Gasteiger partial charge on any atom is -0.477 e. The molecule has 4 saturated carbocycles. The Balaban J connectivity index is 0.000000200. The fourth-order valence-electron chi connectivity index (χ4n) is 16.8. The first-order valence-corrected chi connectivity index (χ1v) is 42.9. The molecule has 0 bridgehead atoms. The summed E-state index contributed by atoms with van der Waals surface area (Å²) in [7, 11) is 4.26. The van der Waals surface area contributed by atoms with Gasteiger partial charge in [0, 0.05) is 181 Å². The Hall–Kier alpha value is -9.50. The monoisotopic (exact) mass is 2580 g/mol. The summed E-state index contributed by atoms with van der Waals surface area (Å²) in [6.07, 6.45) is 47.0. The van der Waals surface area contributed by atoms with E-state index >= 15 is 0 Å². The topological polar surface area (TPSA) is 181 Å². The third kappa shape index (κ3) is 30.8. The second-order valence-electron chi connectivity index (χ2n) is 32.9. The summed E-state index contributed by atoms with van der Waals surface area (Å²) in [6, 6.07) is 92.5. The van der Waals surface area contributed by atoms with Crippen molar-refractivity contribution in [3.8, 4) is 73.5 Å². The molecule has 669 valence electrons. The summed E-state index contributed by atoms with van der Waals surface area (Å²) < 4.78 is 6.37. The Morgan fingerprint density at radius 3 is 1.35 bits per heavy atom. The van der Waals surface area contributed by atoms with Gasteiger partial charge in [0.1, 0.15) is 5.69 Å². The molecule has 19 rings (SSSR count). The Morgan fingerprint density at radius 1 is 0.425 bits per heavy atom. The molecule has 5 aromatic carbocycles. The molecule has 0 unspecified atom stereocenters. The number of aryl methyl sites for hydroxylation is 2. The van der Waals surface area contributed by atoms with Crippen molar-refractivity contribution in [3.05, 3.63) is 369 Å². The van der Waals surface area contributed by atoms with Gasteiger partial charge in [-0.3, -0.25) is 14.6 Å². The van der Waals surface area contributed by atoms with E-state index in [1.807, 2.05) is 213 Å². The molecule has 1 N–H and O–H groups in total. The molecule has 10 heterocycles. The molecule has 4 fully saturated rings.